The Morgan fingerprint density at radius 2 is 2.31 bits per heavy atom. The summed E-state index contributed by atoms with van der Waals surface area (Å²) in [7, 11) is 0. The second-order valence-electron chi connectivity index (χ2n) is 2.58. The first-order chi connectivity index (χ1) is 6.27. The van der Waals surface area contributed by atoms with Gasteiger partial charge in [-0.15, -0.1) is 6.42 Å². The first-order valence-corrected chi connectivity index (χ1v) is 3.85. The van der Waals surface area contributed by atoms with Crippen molar-refractivity contribution >= 4 is 0 Å². The van der Waals surface area contributed by atoms with Crippen molar-refractivity contribution in [1.82, 2.24) is 0 Å². The van der Waals surface area contributed by atoms with Crippen LogP contribution < -0.4 is 4.74 Å². The Morgan fingerprint density at radius 3 is 2.85 bits per heavy atom. The Hall–Kier alpha value is -1.93. The molecule has 0 saturated heterocycles. The molecule has 2 nitrogen and oxygen atoms in total. The van der Waals surface area contributed by atoms with Crippen molar-refractivity contribution in [2.45, 2.75) is 6.92 Å². The lowest BCUT2D eigenvalue weighted by atomic mass is 10.1. The molecule has 0 aromatic heterocycles. The van der Waals surface area contributed by atoms with Crippen LogP contribution in [-0.4, -0.2) is 6.61 Å². The Labute approximate surface area is 77.8 Å². The predicted molar refractivity (Wildman–Crippen MR) is 50.2 cm³/mol. The van der Waals surface area contributed by atoms with Crippen molar-refractivity contribution in [1.29, 1.82) is 5.26 Å². The van der Waals surface area contributed by atoms with Crippen LogP contribution >= 0.6 is 0 Å². The third-order valence-corrected chi connectivity index (χ3v) is 1.62. The summed E-state index contributed by atoms with van der Waals surface area (Å²) in [6, 6.07) is 7.29. The molecule has 2 heteroatoms. The first kappa shape index (κ1) is 9.16. The minimum absolute atomic E-state index is 0.257. The van der Waals surface area contributed by atoms with Crippen molar-refractivity contribution in [2.75, 3.05) is 6.61 Å². The summed E-state index contributed by atoms with van der Waals surface area (Å²) in [6.45, 7) is 2.14. The van der Waals surface area contributed by atoms with Crippen LogP contribution in [0.25, 0.3) is 0 Å². The molecule has 1 rings (SSSR count). The third kappa shape index (κ3) is 2.25. The van der Waals surface area contributed by atoms with Crippen molar-refractivity contribution < 1.29 is 4.74 Å². The van der Waals surface area contributed by atoms with Crippen molar-refractivity contribution in [2.24, 2.45) is 0 Å². The van der Waals surface area contributed by atoms with E-state index in [2.05, 4.69) is 12.0 Å². The van der Waals surface area contributed by atoms with Gasteiger partial charge in [-0.2, -0.15) is 5.26 Å². The molecule has 0 unspecified atom stereocenters. The van der Waals surface area contributed by atoms with E-state index < -0.39 is 0 Å². The first-order valence-electron chi connectivity index (χ1n) is 3.85. The fourth-order valence-corrected chi connectivity index (χ4v) is 1.00. The van der Waals surface area contributed by atoms with Gasteiger partial charge in [-0.1, -0.05) is 5.92 Å². The molecule has 0 amide bonds. The van der Waals surface area contributed by atoms with Crippen LogP contribution in [0.4, 0.5) is 0 Å². The Balaban J connectivity index is 2.88. The van der Waals surface area contributed by atoms with Crippen LogP contribution in [0.2, 0.25) is 0 Å². The van der Waals surface area contributed by atoms with E-state index in [0.29, 0.717) is 5.56 Å². The molecule has 0 atom stereocenters. The summed E-state index contributed by atoms with van der Waals surface area (Å²) in [6.07, 6.45) is 5.06. The van der Waals surface area contributed by atoms with Gasteiger partial charge in [0.1, 0.15) is 12.4 Å². The number of nitrogens with zero attached hydrogens (tertiary/aromatic N) is 1. The van der Waals surface area contributed by atoms with E-state index in [1.807, 2.05) is 6.92 Å². The van der Waals surface area contributed by atoms with Crippen molar-refractivity contribution in [3.8, 4) is 24.2 Å². The molecule has 0 saturated carbocycles. The highest BCUT2D eigenvalue weighted by atomic mass is 16.5. The van der Waals surface area contributed by atoms with E-state index in [1.165, 1.54) is 0 Å². The van der Waals surface area contributed by atoms with Gasteiger partial charge < -0.3 is 4.74 Å². The van der Waals surface area contributed by atoms with Gasteiger partial charge in [-0.25, -0.2) is 0 Å². The normalized spacial score (nSPS) is 8.54. The fraction of sp³-hybridized carbons (Fsp3) is 0.182. The summed E-state index contributed by atoms with van der Waals surface area (Å²) in [5.74, 6) is 3.12. The monoisotopic (exact) mass is 171 g/mol. The molecule has 0 bridgehead atoms. The number of ether oxygens (including phenoxy) is 1. The Morgan fingerprint density at radius 1 is 1.54 bits per heavy atom. The molecule has 13 heavy (non-hydrogen) atoms. The summed E-state index contributed by atoms with van der Waals surface area (Å²) in [5.41, 5.74) is 1.56. The van der Waals surface area contributed by atoms with Crippen LogP contribution in [0.1, 0.15) is 11.1 Å². The summed E-state index contributed by atoms with van der Waals surface area (Å²) < 4.78 is 5.24. The maximum absolute atomic E-state index is 8.61. The van der Waals surface area contributed by atoms with Gasteiger partial charge in [-0.3, -0.25) is 0 Å². The fourth-order valence-electron chi connectivity index (χ4n) is 1.00. The zero-order chi connectivity index (χ0) is 9.68. The molecule has 0 aliphatic rings. The third-order valence-electron chi connectivity index (χ3n) is 1.62. The highest BCUT2D eigenvalue weighted by Gasteiger charge is 1.99. The topological polar surface area (TPSA) is 33.0 Å². The quantitative estimate of drug-likeness (QED) is 0.636. The maximum Gasteiger partial charge on any atom is 0.148 e. The number of hydrogen-bond acceptors (Lipinski definition) is 2. The maximum atomic E-state index is 8.61. The van der Waals surface area contributed by atoms with Gasteiger partial charge in [0.15, 0.2) is 0 Å². The molecule has 0 heterocycles. The van der Waals surface area contributed by atoms with Crippen molar-refractivity contribution in [3.63, 3.8) is 0 Å². The lowest BCUT2D eigenvalue weighted by Gasteiger charge is -2.05. The molecular weight excluding hydrogens is 162 g/mol. The molecule has 0 N–H and O–H groups in total. The van der Waals surface area contributed by atoms with Gasteiger partial charge in [-0.05, 0) is 30.7 Å². The SMILES string of the molecule is C#CCOc1ccc(C#N)cc1C. The highest BCUT2D eigenvalue weighted by Crippen LogP contribution is 2.18. The zero-order valence-corrected chi connectivity index (χ0v) is 7.37. The van der Waals surface area contributed by atoms with Crippen LogP contribution in [0.5, 0.6) is 5.75 Å². The minimum Gasteiger partial charge on any atom is -0.481 e. The lowest BCUT2D eigenvalue weighted by Crippen LogP contribution is -1.95. The molecule has 1 aromatic carbocycles. The van der Waals surface area contributed by atoms with E-state index in [4.69, 9.17) is 16.4 Å². The number of benzene rings is 1. The standard InChI is InChI=1S/C11H9NO/c1-3-6-13-11-5-4-10(8-12)7-9(11)2/h1,4-5,7H,6H2,2H3. The number of nitriles is 1. The number of terminal acetylenes is 1. The Kier molecular flexibility index (Phi) is 2.95. The van der Waals surface area contributed by atoms with Gasteiger partial charge in [0.05, 0.1) is 11.6 Å². The van der Waals surface area contributed by atoms with Crippen LogP contribution in [0, 0.1) is 30.6 Å². The Bertz CT molecular complexity index is 382. The second-order valence-corrected chi connectivity index (χ2v) is 2.58. The van der Waals surface area contributed by atoms with Crippen LogP contribution in [0.3, 0.4) is 0 Å². The molecule has 1 aromatic rings. The molecule has 0 aliphatic carbocycles. The molecule has 0 fully saturated rings. The highest BCUT2D eigenvalue weighted by molar-refractivity contribution is 5.41. The van der Waals surface area contributed by atoms with Crippen LogP contribution in [0.15, 0.2) is 18.2 Å². The van der Waals surface area contributed by atoms with E-state index >= 15 is 0 Å². The van der Waals surface area contributed by atoms with Crippen LogP contribution in [-0.2, 0) is 0 Å². The second kappa shape index (κ2) is 4.18. The number of aryl methyl sites for hydroxylation is 1. The largest absolute Gasteiger partial charge is 0.481 e. The predicted octanol–water partition coefficient (Wildman–Crippen LogP) is 1.88. The summed E-state index contributed by atoms with van der Waals surface area (Å²) >= 11 is 0. The average Bonchev–Trinajstić information content (AvgIpc) is 2.16. The summed E-state index contributed by atoms with van der Waals surface area (Å²) in [4.78, 5) is 0. The van der Waals surface area contributed by atoms with E-state index in [1.54, 1.807) is 18.2 Å². The van der Waals surface area contributed by atoms with Crippen molar-refractivity contribution in [3.05, 3.63) is 29.3 Å². The molecule has 0 radical (unpaired) electrons. The number of hydrogen-bond donors (Lipinski definition) is 0. The van der Waals surface area contributed by atoms with E-state index in [-0.39, 0.29) is 6.61 Å². The van der Waals surface area contributed by atoms with Gasteiger partial charge in [0.2, 0.25) is 0 Å². The molecule has 0 spiro atoms. The number of rotatable bonds is 2. The van der Waals surface area contributed by atoms with E-state index in [9.17, 15) is 0 Å². The molecular formula is C11H9NO. The lowest BCUT2D eigenvalue weighted by molar-refractivity contribution is 0.368. The van der Waals surface area contributed by atoms with Gasteiger partial charge in [0, 0.05) is 0 Å². The summed E-state index contributed by atoms with van der Waals surface area (Å²) in [5, 5.41) is 8.61. The van der Waals surface area contributed by atoms with E-state index in [0.717, 1.165) is 11.3 Å². The van der Waals surface area contributed by atoms with Gasteiger partial charge >= 0.3 is 0 Å². The molecule has 64 valence electrons. The average molecular weight is 171 g/mol. The zero-order valence-electron chi connectivity index (χ0n) is 7.37. The molecule has 0 aliphatic heterocycles. The smallest absolute Gasteiger partial charge is 0.148 e. The van der Waals surface area contributed by atoms with Gasteiger partial charge in [0.25, 0.3) is 0 Å². The minimum atomic E-state index is 0.257.